The normalized spacial score (nSPS) is 11.9. The maximum atomic E-state index is 6.68. The van der Waals surface area contributed by atoms with Gasteiger partial charge in [-0.15, -0.1) is 0 Å². The molecule has 0 radical (unpaired) electrons. The summed E-state index contributed by atoms with van der Waals surface area (Å²) >= 11 is 0. The Morgan fingerprint density at radius 2 is 0.926 bits per heavy atom. The molecule has 5 heteroatoms. The number of nitrogens with zero attached hydrogens (tertiary/aromatic N) is 4. The number of hydrogen-bond donors (Lipinski definition) is 0. The summed E-state index contributed by atoms with van der Waals surface area (Å²) in [5, 5.41) is 4.64. The van der Waals surface area contributed by atoms with Crippen molar-refractivity contribution in [2.45, 2.75) is 0 Å². The van der Waals surface area contributed by atoms with Gasteiger partial charge in [-0.25, -0.2) is 15.0 Å². The van der Waals surface area contributed by atoms with Gasteiger partial charge >= 0.3 is 0 Å². The Hall–Kier alpha value is -7.37. The van der Waals surface area contributed by atoms with Crippen LogP contribution in [-0.2, 0) is 0 Å². The van der Waals surface area contributed by atoms with Gasteiger partial charge in [-0.2, -0.15) is 0 Å². The Kier molecular flexibility index (Phi) is 6.79. The van der Waals surface area contributed by atoms with Crippen molar-refractivity contribution < 1.29 is 4.74 Å². The molecule has 0 N–H and O–H groups in total. The minimum atomic E-state index is 0.609. The Labute approximate surface area is 311 Å². The number of fused-ring (bicyclic) bond motifs is 5. The lowest BCUT2D eigenvalue weighted by Gasteiger charge is -2.23. The first-order chi connectivity index (χ1) is 26.8. The second-order valence-electron chi connectivity index (χ2n) is 13.6. The van der Waals surface area contributed by atoms with E-state index in [2.05, 4.69) is 114 Å². The maximum Gasteiger partial charge on any atom is 0.164 e. The molecule has 3 heterocycles. The summed E-state index contributed by atoms with van der Waals surface area (Å²) < 4.78 is 9.07. The highest BCUT2D eigenvalue weighted by atomic mass is 16.5. The number of ether oxygens (including phenoxy) is 1. The molecule has 2 aromatic heterocycles. The van der Waals surface area contributed by atoms with Gasteiger partial charge in [-0.05, 0) is 65.2 Å². The number of para-hydroxylation sites is 1. The third-order valence-electron chi connectivity index (χ3n) is 10.4. The average molecular weight is 691 g/mol. The van der Waals surface area contributed by atoms with Crippen molar-refractivity contribution in [1.29, 1.82) is 0 Å². The molecule has 0 atom stereocenters. The Balaban J connectivity index is 1.09. The van der Waals surface area contributed by atoms with Crippen LogP contribution in [0.5, 0.6) is 11.5 Å². The molecule has 8 aromatic carbocycles. The smallest absolute Gasteiger partial charge is 0.164 e. The summed E-state index contributed by atoms with van der Waals surface area (Å²) in [6.07, 6.45) is 0. The van der Waals surface area contributed by atoms with Crippen LogP contribution in [0.2, 0.25) is 0 Å². The lowest BCUT2D eigenvalue weighted by Crippen LogP contribution is -2.02. The van der Waals surface area contributed by atoms with E-state index < -0.39 is 0 Å². The highest BCUT2D eigenvalue weighted by Crippen LogP contribution is 2.49. The second-order valence-corrected chi connectivity index (χ2v) is 13.6. The van der Waals surface area contributed by atoms with E-state index in [4.69, 9.17) is 19.7 Å². The number of hydrogen-bond acceptors (Lipinski definition) is 4. The van der Waals surface area contributed by atoms with Gasteiger partial charge in [0.2, 0.25) is 0 Å². The summed E-state index contributed by atoms with van der Waals surface area (Å²) in [7, 11) is 0. The van der Waals surface area contributed by atoms with Gasteiger partial charge in [0.1, 0.15) is 11.5 Å². The SMILES string of the molecule is c1ccc(-c2ccc3c(c2)c2ccccc2n3-c2ccc3c4c(cccc24)-c2cc(-c4nc(-c5ccccc5)nc(-c5ccccc5)n4)ccc2O3)cc1. The minimum Gasteiger partial charge on any atom is -0.456 e. The number of benzene rings is 8. The molecule has 252 valence electrons. The molecule has 0 bridgehead atoms. The molecule has 0 saturated carbocycles. The highest BCUT2D eigenvalue weighted by molar-refractivity contribution is 6.13. The Bertz CT molecular complexity index is 3010. The summed E-state index contributed by atoms with van der Waals surface area (Å²) in [6.45, 7) is 0. The largest absolute Gasteiger partial charge is 0.456 e. The van der Waals surface area contributed by atoms with Crippen molar-refractivity contribution in [2.24, 2.45) is 0 Å². The zero-order valence-corrected chi connectivity index (χ0v) is 29.0. The van der Waals surface area contributed by atoms with Gasteiger partial charge in [-0.3, -0.25) is 0 Å². The van der Waals surface area contributed by atoms with Crippen LogP contribution < -0.4 is 4.74 Å². The molecule has 0 spiro atoms. The molecule has 1 aliphatic rings. The topological polar surface area (TPSA) is 52.8 Å². The predicted molar refractivity (Wildman–Crippen MR) is 219 cm³/mol. The van der Waals surface area contributed by atoms with Gasteiger partial charge in [0, 0.05) is 43.8 Å². The van der Waals surface area contributed by atoms with Crippen molar-refractivity contribution in [3.05, 3.63) is 182 Å². The van der Waals surface area contributed by atoms with Crippen LogP contribution in [0.3, 0.4) is 0 Å². The monoisotopic (exact) mass is 690 g/mol. The van der Waals surface area contributed by atoms with Crippen molar-refractivity contribution in [2.75, 3.05) is 0 Å². The van der Waals surface area contributed by atoms with Gasteiger partial charge in [-0.1, -0.05) is 133 Å². The molecule has 0 amide bonds. The summed E-state index contributed by atoms with van der Waals surface area (Å²) in [5.41, 5.74) is 10.7. The first-order valence-electron chi connectivity index (χ1n) is 18.1. The molecule has 54 heavy (non-hydrogen) atoms. The molecule has 0 saturated heterocycles. The van der Waals surface area contributed by atoms with Crippen LogP contribution in [0.15, 0.2) is 182 Å². The molecule has 1 aliphatic heterocycles. The standard InChI is InChI=1S/C49H30N4O/c1-4-13-31(14-5-1)34-23-25-43-39(29-34)36-19-10-11-22-41(36)53(43)42-26-28-45-46-37(20-12-21-38(42)46)40-30-35(24-27-44(40)54-45)49-51-47(32-15-6-2-7-16-32)50-48(52-49)33-17-8-3-9-18-33/h1-30H. The van der Waals surface area contributed by atoms with E-state index in [0.29, 0.717) is 17.5 Å². The number of aromatic nitrogens is 4. The zero-order valence-electron chi connectivity index (χ0n) is 29.0. The summed E-state index contributed by atoms with van der Waals surface area (Å²) in [5.74, 6) is 3.52. The fourth-order valence-electron chi connectivity index (χ4n) is 7.93. The zero-order chi connectivity index (χ0) is 35.6. The van der Waals surface area contributed by atoms with Crippen LogP contribution in [0, 0.1) is 0 Å². The predicted octanol–water partition coefficient (Wildman–Crippen LogP) is 12.6. The van der Waals surface area contributed by atoms with Crippen LogP contribution in [0.25, 0.3) is 94.7 Å². The molecule has 5 nitrogen and oxygen atoms in total. The third-order valence-corrected chi connectivity index (χ3v) is 10.4. The van der Waals surface area contributed by atoms with Crippen LogP contribution in [-0.4, -0.2) is 19.5 Å². The molecule has 0 unspecified atom stereocenters. The lowest BCUT2D eigenvalue weighted by molar-refractivity contribution is 0.487. The van der Waals surface area contributed by atoms with Crippen LogP contribution in [0.4, 0.5) is 0 Å². The lowest BCUT2D eigenvalue weighted by atomic mass is 9.92. The van der Waals surface area contributed by atoms with Crippen molar-refractivity contribution in [1.82, 2.24) is 19.5 Å². The Morgan fingerprint density at radius 3 is 1.65 bits per heavy atom. The van der Waals surface area contributed by atoms with Crippen molar-refractivity contribution in [3.8, 4) is 73.6 Å². The molecule has 0 aliphatic carbocycles. The molecule has 0 fully saturated rings. The van der Waals surface area contributed by atoms with Gasteiger partial charge < -0.3 is 9.30 Å². The van der Waals surface area contributed by atoms with E-state index in [1.807, 2.05) is 72.8 Å². The minimum absolute atomic E-state index is 0.609. The quantitative estimate of drug-likeness (QED) is 0.180. The fourth-order valence-corrected chi connectivity index (χ4v) is 7.93. The van der Waals surface area contributed by atoms with Gasteiger partial charge in [0.25, 0.3) is 0 Å². The van der Waals surface area contributed by atoms with Crippen LogP contribution >= 0.6 is 0 Å². The van der Waals surface area contributed by atoms with Gasteiger partial charge in [0.15, 0.2) is 17.5 Å². The first kappa shape index (κ1) is 30.3. The molecule has 11 rings (SSSR count). The van der Waals surface area contributed by atoms with Crippen LogP contribution in [0.1, 0.15) is 0 Å². The van der Waals surface area contributed by atoms with Crippen molar-refractivity contribution in [3.63, 3.8) is 0 Å². The van der Waals surface area contributed by atoms with E-state index in [0.717, 1.165) is 66.8 Å². The maximum absolute atomic E-state index is 6.68. The molecular weight excluding hydrogens is 661 g/mol. The Morgan fingerprint density at radius 1 is 0.352 bits per heavy atom. The summed E-state index contributed by atoms with van der Waals surface area (Å²) in [4.78, 5) is 14.9. The number of rotatable bonds is 5. The van der Waals surface area contributed by atoms with Crippen molar-refractivity contribution >= 4 is 32.6 Å². The third kappa shape index (κ3) is 4.83. The van der Waals surface area contributed by atoms with E-state index in [9.17, 15) is 0 Å². The fraction of sp³-hybridized carbons (Fsp3) is 0. The first-order valence-corrected chi connectivity index (χ1v) is 18.1. The van der Waals surface area contributed by atoms with Gasteiger partial charge in [0.05, 0.1) is 16.7 Å². The second kappa shape index (κ2) is 12.1. The molecule has 10 aromatic rings. The molecular formula is C49H30N4O. The van der Waals surface area contributed by atoms with E-state index >= 15 is 0 Å². The van der Waals surface area contributed by atoms with E-state index in [-0.39, 0.29) is 0 Å². The van der Waals surface area contributed by atoms with E-state index in [1.54, 1.807) is 0 Å². The van der Waals surface area contributed by atoms with E-state index in [1.165, 1.54) is 21.9 Å². The average Bonchev–Trinajstić information content (AvgIpc) is 3.58. The summed E-state index contributed by atoms with van der Waals surface area (Å²) in [6, 6.07) is 63.3. The highest BCUT2D eigenvalue weighted by Gasteiger charge is 2.24.